The van der Waals surface area contributed by atoms with Crippen molar-refractivity contribution in [1.82, 2.24) is 4.90 Å². The molecule has 1 atom stereocenters. The second kappa shape index (κ2) is 4.29. The summed E-state index contributed by atoms with van der Waals surface area (Å²) in [6.07, 6.45) is 5.97. The zero-order valence-corrected chi connectivity index (χ0v) is 7.75. The molecule has 1 aliphatic rings. The van der Waals surface area contributed by atoms with Crippen molar-refractivity contribution in [1.29, 1.82) is 0 Å². The highest BCUT2D eigenvalue weighted by Crippen LogP contribution is 2.20. The predicted molar refractivity (Wildman–Crippen MR) is 49.5 cm³/mol. The molecular weight excluding hydrogens is 150 g/mol. The van der Waals surface area contributed by atoms with Crippen molar-refractivity contribution in [3.05, 3.63) is 12.8 Å². The zero-order chi connectivity index (χ0) is 8.97. The van der Waals surface area contributed by atoms with Gasteiger partial charge in [0.2, 0.25) is 5.91 Å². The van der Waals surface area contributed by atoms with Gasteiger partial charge in [0.15, 0.2) is 0 Å². The Balaban J connectivity index is 2.65. The van der Waals surface area contributed by atoms with E-state index in [1.54, 1.807) is 11.1 Å². The molecule has 0 aromatic carbocycles. The molecule has 0 bridgehead atoms. The largest absolute Gasteiger partial charge is 0.319 e. The Hall–Kier alpha value is -0.790. The van der Waals surface area contributed by atoms with Crippen molar-refractivity contribution >= 4 is 5.91 Å². The standard InChI is InChI=1S/C10H17NO/c1-3-9-7-5-6-8-11(4-2)10(9)12/h4,9H,2-3,5-8H2,1H3. The number of likely N-dealkylation sites (tertiary alicyclic amines) is 1. The van der Waals surface area contributed by atoms with E-state index in [1.807, 2.05) is 0 Å². The molecule has 1 heterocycles. The number of carbonyl (C=O) groups excluding carboxylic acids is 1. The summed E-state index contributed by atoms with van der Waals surface area (Å²) in [5.41, 5.74) is 0. The Morgan fingerprint density at radius 3 is 3.00 bits per heavy atom. The van der Waals surface area contributed by atoms with Crippen molar-refractivity contribution in [3.63, 3.8) is 0 Å². The molecule has 1 unspecified atom stereocenters. The number of rotatable bonds is 2. The van der Waals surface area contributed by atoms with Gasteiger partial charge in [0.05, 0.1) is 0 Å². The molecule has 68 valence electrons. The Bertz CT molecular complexity index is 177. The zero-order valence-electron chi connectivity index (χ0n) is 7.75. The minimum Gasteiger partial charge on any atom is -0.319 e. The molecule has 1 saturated heterocycles. The first-order valence-corrected chi connectivity index (χ1v) is 4.72. The lowest BCUT2D eigenvalue weighted by molar-refractivity contribution is -0.132. The lowest BCUT2D eigenvalue weighted by Gasteiger charge is -2.18. The molecule has 1 aliphatic heterocycles. The molecule has 2 nitrogen and oxygen atoms in total. The van der Waals surface area contributed by atoms with Crippen molar-refractivity contribution in [2.24, 2.45) is 5.92 Å². The summed E-state index contributed by atoms with van der Waals surface area (Å²) < 4.78 is 0. The molecule has 1 amide bonds. The van der Waals surface area contributed by atoms with Crippen LogP contribution in [0, 0.1) is 5.92 Å². The molecule has 0 saturated carbocycles. The summed E-state index contributed by atoms with van der Waals surface area (Å²) in [5.74, 6) is 0.510. The summed E-state index contributed by atoms with van der Waals surface area (Å²) in [7, 11) is 0. The van der Waals surface area contributed by atoms with Crippen molar-refractivity contribution < 1.29 is 4.79 Å². The molecule has 0 aromatic heterocycles. The number of amides is 1. The van der Waals surface area contributed by atoms with Crippen LogP contribution in [0.1, 0.15) is 32.6 Å². The SMILES string of the molecule is C=CN1CCCCC(CC)C1=O. The van der Waals surface area contributed by atoms with Crippen molar-refractivity contribution in [2.75, 3.05) is 6.54 Å². The van der Waals surface area contributed by atoms with Gasteiger partial charge in [-0.05, 0) is 25.5 Å². The van der Waals surface area contributed by atoms with E-state index in [-0.39, 0.29) is 11.8 Å². The summed E-state index contributed by atoms with van der Waals surface area (Å²) in [4.78, 5) is 13.4. The van der Waals surface area contributed by atoms with Gasteiger partial charge < -0.3 is 4.90 Å². The maximum Gasteiger partial charge on any atom is 0.229 e. The van der Waals surface area contributed by atoms with Crippen LogP contribution in [0.15, 0.2) is 12.8 Å². The van der Waals surface area contributed by atoms with E-state index in [2.05, 4.69) is 13.5 Å². The Kier molecular flexibility index (Phi) is 3.32. The van der Waals surface area contributed by atoms with E-state index in [0.717, 1.165) is 25.8 Å². The quantitative estimate of drug-likeness (QED) is 0.617. The van der Waals surface area contributed by atoms with Crippen molar-refractivity contribution in [3.8, 4) is 0 Å². The maximum absolute atomic E-state index is 11.7. The first-order chi connectivity index (χ1) is 5.79. The van der Waals surface area contributed by atoms with Crippen LogP contribution >= 0.6 is 0 Å². The molecule has 0 aliphatic carbocycles. The van der Waals surface area contributed by atoms with Crippen molar-refractivity contribution in [2.45, 2.75) is 32.6 Å². The average Bonchev–Trinajstić information content (AvgIpc) is 2.27. The maximum atomic E-state index is 11.7. The molecule has 2 heteroatoms. The fourth-order valence-corrected chi connectivity index (χ4v) is 1.70. The Morgan fingerprint density at radius 1 is 1.67 bits per heavy atom. The number of hydrogen-bond donors (Lipinski definition) is 0. The van der Waals surface area contributed by atoms with Gasteiger partial charge in [-0.2, -0.15) is 0 Å². The summed E-state index contributed by atoms with van der Waals surface area (Å²) in [6.45, 7) is 6.59. The van der Waals surface area contributed by atoms with Crippen LogP contribution in [0.2, 0.25) is 0 Å². The number of carbonyl (C=O) groups is 1. The summed E-state index contributed by atoms with van der Waals surface area (Å²) >= 11 is 0. The van der Waals surface area contributed by atoms with Gasteiger partial charge in [-0.15, -0.1) is 0 Å². The molecule has 1 fully saturated rings. The fourth-order valence-electron chi connectivity index (χ4n) is 1.70. The van der Waals surface area contributed by atoms with Crippen LogP contribution in [0.4, 0.5) is 0 Å². The Morgan fingerprint density at radius 2 is 2.42 bits per heavy atom. The molecule has 0 radical (unpaired) electrons. The molecule has 0 N–H and O–H groups in total. The van der Waals surface area contributed by atoms with E-state index >= 15 is 0 Å². The number of nitrogens with zero attached hydrogens (tertiary/aromatic N) is 1. The van der Waals surface area contributed by atoms with Crippen LogP contribution in [-0.4, -0.2) is 17.4 Å². The second-order valence-electron chi connectivity index (χ2n) is 3.32. The van der Waals surface area contributed by atoms with Crippen LogP contribution < -0.4 is 0 Å². The highest BCUT2D eigenvalue weighted by atomic mass is 16.2. The van der Waals surface area contributed by atoms with Crippen LogP contribution in [0.5, 0.6) is 0 Å². The summed E-state index contributed by atoms with van der Waals surface area (Å²) in [6, 6.07) is 0. The first-order valence-electron chi connectivity index (χ1n) is 4.72. The first kappa shape index (κ1) is 9.30. The van der Waals surface area contributed by atoms with E-state index in [4.69, 9.17) is 0 Å². The number of hydrogen-bond acceptors (Lipinski definition) is 1. The van der Waals surface area contributed by atoms with Gasteiger partial charge in [0, 0.05) is 12.5 Å². The van der Waals surface area contributed by atoms with Crippen LogP contribution in [-0.2, 0) is 4.79 Å². The van der Waals surface area contributed by atoms with Gasteiger partial charge in [-0.25, -0.2) is 0 Å². The molecule has 12 heavy (non-hydrogen) atoms. The minimum absolute atomic E-state index is 0.241. The van der Waals surface area contributed by atoms with Gasteiger partial charge in [0.25, 0.3) is 0 Å². The highest BCUT2D eigenvalue weighted by Gasteiger charge is 2.23. The predicted octanol–water partition coefficient (Wildman–Crippen LogP) is 2.17. The topological polar surface area (TPSA) is 20.3 Å². The highest BCUT2D eigenvalue weighted by molar-refractivity contribution is 5.79. The van der Waals surface area contributed by atoms with E-state index in [1.165, 1.54) is 6.42 Å². The monoisotopic (exact) mass is 167 g/mol. The lowest BCUT2D eigenvalue weighted by Crippen LogP contribution is -2.29. The molecule has 1 rings (SSSR count). The van der Waals surface area contributed by atoms with Gasteiger partial charge >= 0.3 is 0 Å². The van der Waals surface area contributed by atoms with E-state index in [9.17, 15) is 4.79 Å². The normalized spacial score (nSPS) is 25.2. The lowest BCUT2D eigenvalue weighted by atomic mass is 10.00. The third-order valence-electron chi connectivity index (χ3n) is 2.55. The fraction of sp³-hybridized carbons (Fsp3) is 0.700. The van der Waals surface area contributed by atoms with Crippen LogP contribution in [0.3, 0.4) is 0 Å². The smallest absolute Gasteiger partial charge is 0.229 e. The van der Waals surface area contributed by atoms with Crippen LogP contribution in [0.25, 0.3) is 0 Å². The Labute approximate surface area is 74.2 Å². The average molecular weight is 167 g/mol. The third-order valence-corrected chi connectivity index (χ3v) is 2.55. The molecule has 0 aromatic rings. The van der Waals surface area contributed by atoms with Gasteiger partial charge in [-0.1, -0.05) is 19.9 Å². The molecule has 0 spiro atoms. The third kappa shape index (κ3) is 1.87. The van der Waals surface area contributed by atoms with E-state index in [0.29, 0.717) is 0 Å². The molecular formula is C10H17NO. The summed E-state index contributed by atoms with van der Waals surface area (Å²) in [5, 5.41) is 0. The van der Waals surface area contributed by atoms with Gasteiger partial charge in [-0.3, -0.25) is 4.79 Å². The minimum atomic E-state index is 0.241. The van der Waals surface area contributed by atoms with E-state index < -0.39 is 0 Å². The second-order valence-corrected chi connectivity index (χ2v) is 3.32. The van der Waals surface area contributed by atoms with Gasteiger partial charge in [0.1, 0.15) is 0 Å².